The molecule has 1 amide bonds. The summed E-state index contributed by atoms with van der Waals surface area (Å²) in [6, 6.07) is -0.468. The lowest BCUT2D eigenvalue weighted by Crippen LogP contribution is -2.42. The van der Waals surface area contributed by atoms with Gasteiger partial charge in [0.05, 0.1) is 24.6 Å². The van der Waals surface area contributed by atoms with E-state index in [1.165, 1.54) is 0 Å². The molecule has 32 heavy (non-hydrogen) atoms. The van der Waals surface area contributed by atoms with Crippen LogP contribution in [-0.4, -0.2) is 55.2 Å². The van der Waals surface area contributed by atoms with E-state index in [9.17, 15) is 31.5 Å². The number of likely N-dealkylation sites (N-methyl/N-ethyl adjacent to an activating group) is 1. The Morgan fingerprint density at radius 1 is 0.906 bits per heavy atom. The highest BCUT2D eigenvalue weighted by Crippen LogP contribution is 2.23. The molecule has 1 unspecified atom stereocenters. The largest absolute Gasteiger partial charge is 0.481 e. The number of hydrogen-bond donors (Lipinski definition) is 2. The van der Waals surface area contributed by atoms with Gasteiger partial charge in [0.1, 0.15) is 0 Å². The van der Waals surface area contributed by atoms with Gasteiger partial charge >= 0.3 is 5.97 Å². The van der Waals surface area contributed by atoms with Gasteiger partial charge in [0.15, 0.2) is 23.3 Å². The molecule has 0 saturated carbocycles. The van der Waals surface area contributed by atoms with Crippen LogP contribution in [0.15, 0.2) is 0 Å². The van der Waals surface area contributed by atoms with Gasteiger partial charge in [0.25, 0.3) is 0 Å². The first kappa shape index (κ1) is 27.8. The monoisotopic (exact) mass is 468 g/mol. The molecule has 0 spiro atoms. The van der Waals surface area contributed by atoms with Crippen molar-refractivity contribution in [2.75, 3.05) is 27.2 Å². The summed E-state index contributed by atoms with van der Waals surface area (Å²) in [5.41, 5.74) is -0.997. The van der Waals surface area contributed by atoms with Gasteiger partial charge < -0.3 is 20.1 Å². The Morgan fingerprint density at radius 2 is 1.44 bits per heavy atom. The number of carboxylic acid groups (broad SMARTS) is 1. The fraction of sp³-hybridized carbons (Fsp3) is 0.619. The fourth-order valence-electron chi connectivity index (χ4n) is 3.08. The lowest BCUT2D eigenvalue weighted by Gasteiger charge is -2.20. The van der Waals surface area contributed by atoms with Crippen LogP contribution in [0.5, 0.6) is 0 Å². The lowest BCUT2D eigenvalue weighted by atomic mass is 10.1. The van der Waals surface area contributed by atoms with Crippen molar-refractivity contribution in [1.29, 1.82) is 0 Å². The highest BCUT2D eigenvalue weighted by molar-refractivity contribution is 5.77. The molecule has 0 aliphatic heterocycles. The fourth-order valence-corrected chi connectivity index (χ4v) is 3.08. The van der Waals surface area contributed by atoms with E-state index >= 15 is 0 Å². The average Bonchev–Trinajstić information content (AvgIpc) is 2.70. The summed E-state index contributed by atoms with van der Waals surface area (Å²) < 4.78 is 71.3. The van der Waals surface area contributed by atoms with Crippen molar-refractivity contribution in [3.8, 4) is 0 Å². The maximum absolute atomic E-state index is 13.5. The summed E-state index contributed by atoms with van der Waals surface area (Å²) in [6.45, 7) is -0.221. The summed E-state index contributed by atoms with van der Waals surface area (Å²) in [7, 11) is 3.57. The Kier molecular flexibility index (Phi) is 12.1. The highest BCUT2D eigenvalue weighted by Gasteiger charge is 2.25. The number of hydrogen-bond acceptors (Lipinski definition) is 4. The van der Waals surface area contributed by atoms with Gasteiger partial charge in [0, 0.05) is 19.6 Å². The van der Waals surface area contributed by atoms with E-state index in [2.05, 4.69) is 5.32 Å². The van der Waals surface area contributed by atoms with E-state index in [0.717, 1.165) is 12.8 Å². The van der Waals surface area contributed by atoms with Gasteiger partial charge in [-0.05, 0) is 26.9 Å². The quantitative estimate of drug-likeness (QED) is 0.177. The predicted octanol–water partition coefficient (Wildman–Crippen LogP) is 3.76. The zero-order chi connectivity index (χ0) is 24.3. The van der Waals surface area contributed by atoms with Crippen LogP contribution < -0.4 is 5.32 Å². The molecule has 1 aromatic carbocycles. The van der Waals surface area contributed by atoms with Crippen LogP contribution in [0.2, 0.25) is 0 Å². The molecule has 6 nitrogen and oxygen atoms in total. The number of benzene rings is 1. The molecule has 1 aromatic rings. The van der Waals surface area contributed by atoms with Crippen LogP contribution in [0.25, 0.3) is 0 Å². The Morgan fingerprint density at radius 3 is 2.00 bits per heavy atom. The van der Waals surface area contributed by atoms with Gasteiger partial charge in [-0.1, -0.05) is 19.3 Å². The van der Waals surface area contributed by atoms with Crippen molar-refractivity contribution in [2.45, 2.75) is 57.6 Å². The maximum atomic E-state index is 13.5. The first-order valence-corrected chi connectivity index (χ1v) is 10.3. The molecule has 1 rings (SSSR count). The van der Waals surface area contributed by atoms with E-state index in [1.54, 1.807) is 19.0 Å². The molecule has 182 valence electrons. The van der Waals surface area contributed by atoms with Gasteiger partial charge in [-0.15, -0.1) is 0 Å². The molecular formula is C21H29F5N2O4. The summed E-state index contributed by atoms with van der Waals surface area (Å²) in [5.74, 6) is -11.2. The second-order valence-corrected chi connectivity index (χ2v) is 7.74. The zero-order valence-electron chi connectivity index (χ0n) is 18.2. The van der Waals surface area contributed by atoms with Crippen molar-refractivity contribution < 1.29 is 41.4 Å². The Hall–Kier alpha value is -2.27. The number of nitrogens with zero attached hydrogens (tertiary/aromatic N) is 1. The molecule has 0 aromatic heterocycles. The molecular weight excluding hydrogens is 439 g/mol. The third kappa shape index (κ3) is 9.47. The van der Waals surface area contributed by atoms with Crippen LogP contribution >= 0.6 is 0 Å². The number of carboxylic acids is 1. The van der Waals surface area contributed by atoms with Crippen LogP contribution in [0.1, 0.15) is 50.5 Å². The average molecular weight is 468 g/mol. The standard InChI is InChI=1S/C21H29F5N2O4/c1-28(2)11-13(10-16(30)31)27-15(29)8-6-4-3-5-7-9-32-12-14-17(22)19(24)21(26)20(25)18(14)23/h13H,3-12H2,1-2H3,(H,27,29)(H,30,31). The zero-order valence-corrected chi connectivity index (χ0v) is 18.2. The van der Waals surface area contributed by atoms with Crippen LogP contribution in [0.3, 0.4) is 0 Å². The number of rotatable bonds is 15. The van der Waals surface area contributed by atoms with Crippen LogP contribution in [-0.2, 0) is 20.9 Å². The minimum Gasteiger partial charge on any atom is -0.481 e. The van der Waals surface area contributed by atoms with E-state index in [4.69, 9.17) is 9.84 Å². The molecule has 0 saturated heterocycles. The summed E-state index contributed by atoms with van der Waals surface area (Å²) >= 11 is 0. The maximum Gasteiger partial charge on any atom is 0.305 e. The number of aliphatic carboxylic acids is 1. The normalized spacial score (nSPS) is 12.2. The van der Waals surface area contributed by atoms with Gasteiger partial charge in [-0.3, -0.25) is 9.59 Å². The highest BCUT2D eigenvalue weighted by atomic mass is 19.2. The number of amides is 1. The first-order valence-electron chi connectivity index (χ1n) is 10.3. The molecule has 11 heteroatoms. The minimum atomic E-state index is -2.20. The van der Waals surface area contributed by atoms with E-state index in [1.807, 2.05) is 0 Å². The van der Waals surface area contributed by atoms with Crippen LogP contribution in [0.4, 0.5) is 22.0 Å². The summed E-state index contributed by atoms with van der Waals surface area (Å²) in [6.07, 6.45) is 3.43. The molecule has 0 aliphatic rings. The van der Waals surface area contributed by atoms with E-state index in [-0.39, 0.29) is 25.4 Å². The number of ether oxygens (including phenoxy) is 1. The molecule has 0 fully saturated rings. The number of carbonyl (C=O) groups excluding carboxylic acids is 1. The Balaban J connectivity index is 2.21. The van der Waals surface area contributed by atoms with E-state index in [0.29, 0.717) is 25.8 Å². The predicted molar refractivity (Wildman–Crippen MR) is 106 cm³/mol. The number of unbranched alkanes of at least 4 members (excludes halogenated alkanes) is 4. The van der Waals surface area contributed by atoms with Gasteiger partial charge in [-0.2, -0.15) is 0 Å². The lowest BCUT2D eigenvalue weighted by molar-refractivity contribution is -0.137. The van der Waals surface area contributed by atoms with Crippen molar-refractivity contribution in [2.24, 2.45) is 0 Å². The summed E-state index contributed by atoms with van der Waals surface area (Å²) in [4.78, 5) is 24.6. The SMILES string of the molecule is CN(C)CC(CC(=O)O)NC(=O)CCCCCCCOCc1c(F)c(F)c(F)c(F)c1F. The molecule has 0 bridgehead atoms. The first-order chi connectivity index (χ1) is 15.0. The summed E-state index contributed by atoms with van der Waals surface area (Å²) in [5, 5.41) is 11.6. The van der Waals surface area contributed by atoms with Gasteiger partial charge in [-0.25, -0.2) is 22.0 Å². The minimum absolute atomic E-state index is 0.0847. The Labute approximate surface area is 183 Å². The molecule has 1 atom stereocenters. The van der Waals surface area contributed by atoms with Gasteiger partial charge in [0.2, 0.25) is 11.7 Å². The van der Waals surface area contributed by atoms with E-state index < -0.39 is 53.3 Å². The molecule has 2 N–H and O–H groups in total. The van der Waals surface area contributed by atoms with Crippen molar-refractivity contribution >= 4 is 11.9 Å². The third-order valence-electron chi connectivity index (χ3n) is 4.61. The molecule has 0 radical (unpaired) electrons. The smallest absolute Gasteiger partial charge is 0.305 e. The second kappa shape index (κ2) is 14.0. The van der Waals surface area contributed by atoms with Crippen molar-refractivity contribution in [3.63, 3.8) is 0 Å². The van der Waals surface area contributed by atoms with Crippen molar-refractivity contribution in [3.05, 3.63) is 34.6 Å². The number of carbonyl (C=O) groups is 2. The molecule has 0 heterocycles. The number of halogens is 5. The third-order valence-corrected chi connectivity index (χ3v) is 4.61. The van der Waals surface area contributed by atoms with Crippen molar-refractivity contribution in [1.82, 2.24) is 10.2 Å². The van der Waals surface area contributed by atoms with Crippen LogP contribution in [0, 0.1) is 29.1 Å². The topological polar surface area (TPSA) is 78.9 Å². The Bertz CT molecular complexity index is 748. The molecule has 0 aliphatic carbocycles. The number of nitrogens with one attached hydrogen (secondary N) is 1. The second-order valence-electron chi connectivity index (χ2n) is 7.74.